The van der Waals surface area contributed by atoms with Gasteiger partial charge in [-0.1, -0.05) is 55.4 Å². The zero-order chi connectivity index (χ0) is 22.4. The molecule has 1 fully saturated rings. The maximum absolute atomic E-state index is 9.19. The molecular formula is C24H34N2O3S2. The summed E-state index contributed by atoms with van der Waals surface area (Å²) >= 11 is 1.97. The van der Waals surface area contributed by atoms with Crippen LogP contribution in [0.1, 0.15) is 42.5 Å². The fourth-order valence-electron chi connectivity index (χ4n) is 4.16. The highest BCUT2D eigenvalue weighted by atomic mass is 32.2. The Morgan fingerprint density at radius 2 is 1.74 bits per heavy atom. The van der Waals surface area contributed by atoms with Crippen molar-refractivity contribution in [2.45, 2.75) is 48.4 Å². The molecule has 2 aliphatic heterocycles. The summed E-state index contributed by atoms with van der Waals surface area (Å²) in [7, 11) is -1.42. The van der Waals surface area contributed by atoms with E-state index in [1.54, 1.807) is 5.56 Å². The molecule has 0 radical (unpaired) electrons. The summed E-state index contributed by atoms with van der Waals surface area (Å²) in [6.07, 6.45) is 5.60. The number of nitrogens with zero attached hydrogens (tertiary/aromatic N) is 2. The summed E-state index contributed by atoms with van der Waals surface area (Å²) in [5.41, 5.74) is 4.58. The maximum atomic E-state index is 9.19. The van der Waals surface area contributed by atoms with Crippen molar-refractivity contribution in [2.75, 3.05) is 39.5 Å². The smallest absolute Gasteiger partial charge is 0.261 e. The molecule has 0 bridgehead atoms. The van der Waals surface area contributed by atoms with Gasteiger partial charge in [-0.05, 0) is 55.1 Å². The second kappa shape index (κ2) is 11.0. The third-order valence-electron chi connectivity index (χ3n) is 5.84. The predicted octanol–water partition coefficient (Wildman–Crippen LogP) is 4.53. The molecule has 0 aliphatic carbocycles. The topological polar surface area (TPSA) is 60.9 Å². The summed E-state index contributed by atoms with van der Waals surface area (Å²) in [6, 6.07) is 16.8. The van der Waals surface area contributed by atoms with E-state index in [-0.39, 0.29) is 0 Å². The normalized spacial score (nSPS) is 19.5. The first-order chi connectivity index (χ1) is 14.7. The Bertz CT molecular complexity index is 963. The third-order valence-corrected chi connectivity index (χ3v) is 7.05. The first-order valence-corrected chi connectivity index (χ1v) is 13.6. The Morgan fingerprint density at radius 1 is 1.06 bits per heavy atom. The maximum Gasteiger partial charge on any atom is 0.261 e. The molecule has 5 nitrogen and oxygen atoms in total. The molecule has 170 valence electrons. The molecule has 1 atom stereocenters. The van der Waals surface area contributed by atoms with Crippen LogP contribution in [0.5, 0.6) is 0 Å². The van der Waals surface area contributed by atoms with Gasteiger partial charge in [0, 0.05) is 42.0 Å². The lowest BCUT2D eigenvalue weighted by Crippen LogP contribution is -2.46. The van der Waals surface area contributed by atoms with E-state index < -0.39 is 10.1 Å². The van der Waals surface area contributed by atoms with Gasteiger partial charge < -0.3 is 4.90 Å². The van der Waals surface area contributed by atoms with Crippen LogP contribution in [0.3, 0.4) is 0 Å². The van der Waals surface area contributed by atoms with E-state index in [9.17, 15) is 8.42 Å². The van der Waals surface area contributed by atoms with Crippen LogP contribution in [0.2, 0.25) is 0 Å². The summed E-state index contributed by atoms with van der Waals surface area (Å²) in [5.74, 6) is 0. The molecule has 0 aromatic heterocycles. The van der Waals surface area contributed by atoms with Gasteiger partial charge in [0.2, 0.25) is 0 Å². The van der Waals surface area contributed by atoms with Crippen molar-refractivity contribution in [3.63, 3.8) is 0 Å². The monoisotopic (exact) mass is 462 g/mol. The molecule has 2 aliphatic rings. The summed E-state index contributed by atoms with van der Waals surface area (Å²) < 4.78 is 25.9. The van der Waals surface area contributed by atoms with Crippen molar-refractivity contribution in [3.05, 3.63) is 59.2 Å². The standard InChI is InChI=1S/C23H30N2S.CH4O3S/c1-3-4-7-18-10-11-23-20(16-18)21(25-14-12-24(2)13-15-25)17-19-8-5-6-9-22(19)26-23;1-5(2,3)4/h5-6,8-11,16,21H,3-4,7,12-15,17H2,1-2H3;1H3,(H,2,3,4). The SMILES string of the molecule is CCCCc1ccc2c(c1)C(N1CCN(C)CC1)Cc1ccccc1S2.CS(=O)(=O)O. The van der Waals surface area contributed by atoms with Gasteiger partial charge in [0.1, 0.15) is 0 Å². The molecule has 1 unspecified atom stereocenters. The van der Waals surface area contributed by atoms with E-state index in [0.717, 1.165) is 6.42 Å². The summed E-state index contributed by atoms with van der Waals surface area (Å²) in [6.45, 7) is 6.98. The van der Waals surface area contributed by atoms with Crippen LogP contribution >= 0.6 is 11.8 Å². The fraction of sp³-hybridized carbons (Fsp3) is 0.500. The predicted molar refractivity (Wildman–Crippen MR) is 129 cm³/mol. The van der Waals surface area contributed by atoms with Gasteiger partial charge in [-0.2, -0.15) is 8.42 Å². The lowest BCUT2D eigenvalue weighted by Gasteiger charge is -2.38. The highest BCUT2D eigenvalue weighted by Crippen LogP contribution is 2.43. The van der Waals surface area contributed by atoms with Gasteiger partial charge in [0.15, 0.2) is 0 Å². The molecule has 4 rings (SSSR count). The van der Waals surface area contributed by atoms with Gasteiger partial charge in [-0.3, -0.25) is 9.45 Å². The van der Waals surface area contributed by atoms with E-state index in [2.05, 4.69) is 66.2 Å². The van der Waals surface area contributed by atoms with Crippen LogP contribution < -0.4 is 0 Å². The molecular weight excluding hydrogens is 428 g/mol. The Balaban J connectivity index is 0.000000491. The van der Waals surface area contributed by atoms with Crippen LogP contribution in [0.4, 0.5) is 0 Å². The number of hydrogen-bond donors (Lipinski definition) is 1. The molecule has 2 aromatic carbocycles. The minimum atomic E-state index is -3.67. The van der Waals surface area contributed by atoms with Gasteiger partial charge in [0.25, 0.3) is 10.1 Å². The van der Waals surface area contributed by atoms with Crippen molar-refractivity contribution in [2.24, 2.45) is 0 Å². The Morgan fingerprint density at radius 3 is 2.42 bits per heavy atom. The first-order valence-electron chi connectivity index (χ1n) is 11.0. The van der Waals surface area contributed by atoms with E-state index in [1.807, 2.05) is 11.8 Å². The lowest BCUT2D eigenvalue weighted by molar-refractivity contribution is 0.110. The van der Waals surface area contributed by atoms with Gasteiger partial charge in [-0.15, -0.1) is 0 Å². The van der Waals surface area contributed by atoms with Crippen LogP contribution in [0, 0.1) is 0 Å². The van der Waals surface area contributed by atoms with Crippen molar-refractivity contribution in [3.8, 4) is 0 Å². The molecule has 2 aromatic rings. The van der Waals surface area contributed by atoms with E-state index in [0.29, 0.717) is 12.3 Å². The highest BCUT2D eigenvalue weighted by molar-refractivity contribution is 7.99. The molecule has 0 amide bonds. The minimum Gasteiger partial charge on any atom is -0.304 e. The van der Waals surface area contributed by atoms with Crippen molar-refractivity contribution < 1.29 is 13.0 Å². The number of hydrogen-bond acceptors (Lipinski definition) is 5. The molecule has 1 N–H and O–H groups in total. The second-order valence-electron chi connectivity index (χ2n) is 8.48. The van der Waals surface area contributed by atoms with Crippen molar-refractivity contribution in [1.82, 2.24) is 9.80 Å². The quantitative estimate of drug-likeness (QED) is 0.674. The molecule has 1 saturated heterocycles. The zero-order valence-corrected chi connectivity index (χ0v) is 20.4. The van der Waals surface area contributed by atoms with Crippen LogP contribution in [0.25, 0.3) is 0 Å². The second-order valence-corrected chi connectivity index (χ2v) is 11.0. The number of unbranched alkanes of at least 4 members (excludes halogenated alkanes) is 1. The number of piperazine rings is 1. The molecule has 31 heavy (non-hydrogen) atoms. The van der Waals surface area contributed by atoms with Crippen LogP contribution in [-0.4, -0.2) is 62.3 Å². The number of likely N-dealkylation sites (N-methyl/N-ethyl adjacent to an activating group) is 1. The van der Waals surface area contributed by atoms with E-state index in [4.69, 9.17) is 4.55 Å². The van der Waals surface area contributed by atoms with Crippen LogP contribution in [-0.2, 0) is 23.0 Å². The molecule has 7 heteroatoms. The highest BCUT2D eigenvalue weighted by Gasteiger charge is 2.29. The van der Waals surface area contributed by atoms with E-state index >= 15 is 0 Å². The largest absolute Gasteiger partial charge is 0.304 e. The molecule has 2 heterocycles. The Hall–Kier alpha value is -1.38. The van der Waals surface area contributed by atoms with Crippen molar-refractivity contribution in [1.29, 1.82) is 0 Å². The summed E-state index contributed by atoms with van der Waals surface area (Å²) in [4.78, 5) is 8.07. The number of benzene rings is 2. The molecule has 0 saturated carbocycles. The Kier molecular flexibility index (Phi) is 8.58. The van der Waals surface area contributed by atoms with E-state index in [1.165, 1.54) is 66.4 Å². The number of rotatable bonds is 4. The lowest BCUT2D eigenvalue weighted by atomic mass is 9.94. The minimum absolute atomic E-state index is 0.511. The zero-order valence-electron chi connectivity index (χ0n) is 18.8. The first kappa shape index (κ1) is 24.3. The molecule has 0 spiro atoms. The van der Waals surface area contributed by atoms with Gasteiger partial charge >= 0.3 is 0 Å². The van der Waals surface area contributed by atoms with Crippen LogP contribution in [0.15, 0.2) is 52.3 Å². The summed E-state index contributed by atoms with van der Waals surface area (Å²) in [5, 5.41) is 0. The third kappa shape index (κ3) is 7.32. The van der Waals surface area contributed by atoms with Gasteiger partial charge in [0.05, 0.1) is 6.26 Å². The van der Waals surface area contributed by atoms with Gasteiger partial charge in [-0.25, -0.2) is 0 Å². The Labute approximate surface area is 191 Å². The van der Waals surface area contributed by atoms with Crippen molar-refractivity contribution >= 4 is 21.9 Å². The number of fused-ring (bicyclic) bond motifs is 2. The fourth-order valence-corrected chi connectivity index (χ4v) is 5.27. The number of aryl methyl sites for hydroxylation is 1. The average Bonchev–Trinajstić information content (AvgIpc) is 2.88. The average molecular weight is 463 g/mol.